The molecule has 2 N–H and O–H groups in total. The predicted molar refractivity (Wildman–Crippen MR) is 83.6 cm³/mol. The van der Waals surface area contributed by atoms with E-state index in [0.717, 1.165) is 0 Å². The quantitative estimate of drug-likeness (QED) is 0.867. The number of aliphatic imine (C=N–C) groups is 1. The fraction of sp³-hybridized carbons (Fsp3) is 0.231. The first-order valence-electron chi connectivity index (χ1n) is 5.72. The third-order valence-corrected chi connectivity index (χ3v) is 4.23. The highest BCUT2D eigenvalue weighted by atomic mass is 35.5. The molecule has 0 spiro atoms. The van der Waals surface area contributed by atoms with Crippen molar-refractivity contribution >= 4 is 46.1 Å². The second-order valence-electron chi connectivity index (χ2n) is 4.18. The number of nitrogens with zero attached hydrogens (tertiary/aromatic N) is 1. The Morgan fingerprint density at radius 1 is 1.40 bits per heavy atom. The summed E-state index contributed by atoms with van der Waals surface area (Å²) in [6.45, 7) is 1.72. The molecule has 1 aromatic carbocycles. The molecule has 106 valence electrons. The van der Waals surface area contributed by atoms with Gasteiger partial charge in [-0.3, -0.25) is 0 Å². The lowest BCUT2D eigenvalue weighted by Crippen LogP contribution is -2.29. The van der Waals surface area contributed by atoms with Crippen LogP contribution < -0.4 is 5.32 Å². The van der Waals surface area contributed by atoms with Gasteiger partial charge in [0.15, 0.2) is 5.17 Å². The molecule has 7 heteroatoms. The van der Waals surface area contributed by atoms with E-state index >= 15 is 0 Å². The summed E-state index contributed by atoms with van der Waals surface area (Å²) in [5.74, 6) is -1.00. The van der Waals surface area contributed by atoms with Crippen LogP contribution >= 0.6 is 35.0 Å². The summed E-state index contributed by atoms with van der Waals surface area (Å²) in [7, 11) is 0. The molecular formula is C13H12Cl2N2O2S. The highest BCUT2D eigenvalue weighted by molar-refractivity contribution is 8.13. The summed E-state index contributed by atoms with van der Waals surface area (Å²) < 4.78 is 0. The van der Waals surface area contributed by atoms with Crippen LogP contribution in [0.4, 0.5) is 0 Å². The molecule has 2 rings (SSSR count). The van der Waals surface area contributed by atoms with Crippen LogP contribution in [0.1, 0.15) is 18.5 Å². The molecule has 1 aliphatic heterocycles. The van der Waals surface area contributed by atoms with Gasteiger partial charge >= 0.3 is 5.97 Å². The fourth-order valence-corrected chi connectivity index (χ4v) is 2.72. The maximum absolute atomic E-state index is 11.5. The molecule has 0 saturated carbocycles. The topological polar surface area (TPSA) is 61.7 Å². The van der Waals surface area contributed by atoms with E-state index in [2.05, 4.69) is 10.3 Å². The van der Waals surface area contributed by atoms with Crippen molar-refractivity contribution in [1.82, 2.24) is 5.32 Å². The molecule has 1 aliphatic rings. The number of allylic oxidation sites excluding steroid dienone is 1. The van der Waals surface area contributed by atoms with Gasteiger partial charge in [0.25, 0.3) is 0 Å². The molecule has 0 saturated heterocycles. The minimum absolute atomic E-state index is 0.209. The third-order valence-electron chi connectivity index (χ3n) is 2.90. The number of aliphatic carboxylic acids is 1. The molecule has 0 aliphatic carbocycles. The number of thioether (sulfide) groups is 1. The van der Waals surface area contributed by atoms with Gasteiger partial charge in [-0.25, -0.2) is 9.79 Å². The summed E-state index contributed by atoms with van der Waals surface area (Å²) in [5.41, 5.74) is 1.48. The normalized spacial score (nSPS) is 18.6. The van der Waals surface area contributed by atoms with E-state index in [9.17, 15) is 9.90 Å². The van der Waals surface area contributed by atoms with Crippen LogP contribution in [0, 0.1) is 0 Å². The molecular weight excluding hydrogens is 319 g/mol. The number of halogens is 2. The zero-order chi connectivity index (χ0) is 14.9. The zero-order valence-corrected chi connectivity index (χ0v) is 13.1. The van der Waals surface area contributed by atoms with Crippen molar-refractivity contribution < 1.29 is 9.90 Å². The van der Waals surface area contributed by atoms with Crippen LogP contribution in [0.3, 0.4) is 0 Å². The van der Waals surface area contributed by atoms with Crippen molar-refractivity contribution in [3.05, 3.63) is 45.1 Å². The van der Waals surface area contributed by atoms with E-state index in [4.69, 9.17) is 23.2 Å². The molecule has 0 amide bonds. The molecule has 0 aromatic heterocycles. The number of hydrogen-bond acceptors (Lipinski definition) is 4. The lowest BCUT2D eigenvalue weighted by Gasteiger charge is -2.24. The second-order valence-corrected chi connectivity index (χ2v) is 5.79. The average Bonchev–Trinajstić information content (AvgIpc) is 2.40. The Hall–Kier alpha value is -1.17. The Bertz CT molecular complexity index is 629. The monoisotopic (exact) mass is 330 g/mol. The zero-order valence-electron chi connectivity index (χ0n) is 10.8. The number of benzene rings is 1. The van der Waals surface area contributed by atoms with Gasteiger partial charge in [0, 0.05) is 5.70 Å². The minimum atomic E-state index is -1.00. The smallest absolute Gasteiger partial charge is 0.335 e. The molecule has 0 radical (unpaired) electrons. The summed E-state index contributed by atoms with van der Waals surface area (Å²) >= 11 is 13.3. The maximum Gasteiger partial charge on any atom is 0.335 e. The van der Waals surface area contributed by atoms with Gasteiger partial charge in [-0.15, -0.1) is 0 Å². The first kappa shape index (κ1) is 15.2. The van der Waals surface area contributed by atoms with E-state index in [-0.39, 0.29) is 5.57 Å². The SMILES string of the molecule is CSC1=NC(c2ccc(Cl)c(Cl)c2)C(C(=O)O)=C(C)N1. The minimum Gasteiger partial charge on any atom is -0.478 e. The van der Waals surface area contributed by atoms with E-state index < -0.39 is 12.0 Å². The summed E-state index contributed by atoms with van der Waals surface area (Å²) in [6, 6.07) is 4.44. The van der Waals surface area contributed by atoms with E-state index in [1.54, 1.807) is 25.1 Å². The Balaban J connectivity index is 2.53. The predicted octanol–water partition coefficient (Wildman–Crippen LogP) is 3.72. The largest absolute Gasteiger partial charge is 0.478 e. The number of carbonyl (C=O) groups is 1. The van der Waals surface area contributed by atoms with Crippen LogP contribution in [0.15, 0.2) is 34.5 Å². The molecule has 1 aromatic rings. The third kappa shape index (κ3) is 2.95. The lowest BCUT2D eigenvalue weighted by molar-refractivity contribution is -0.133. The maximum atomic E-state index is 11.5. The highest BCUT2D eigenvalue weighted by Crippen LogP contribution is 2.34. The summed E-state index contributed by atoms with van der Waals surface area (Å²) in [5, 5.41) is 13.8. The molecule has 0 fully saturated rings. The van der Waals surface area contributed by atoms with Gasteiger partial charge in [-0.1, -0.05) is 41.0 Å². The van der Waals surface area contributed by atoms with Gasteiger partial charge in [0.05, 0.1) is 15.6 Å². The fourth-order valence-electron chi connectivity index (χ4n) is 1.95. The first-order valence-corrected chi connectivity index (χ1v) is 7.70. The highest BCUT2D eigenvalue weighted by Gasteiger charge is 2.29. The lowest BCUT2D eigenvalue weighted by atomic mass is 9.97. The van der Waals surface area contributed by atoms with Crippen LogP contribution in [-0.2, 0) is 4.79 Å². The molecule has 1 heterocycles. The molecule has 0 bridgehead atoms. The van der Waals surface area contributed by atoms with Gasteiger partial charge in [-0.05, 0) is 30.9 Å². The number of nitrogens with one attached hydrogen (secondary N) is 1. The number of rotatable bonds is 2. The van der Waals surface area contributed by atoms with Crippen molar-refractivity contribution in [2.45, 2.75) is 13.0 Å². The molecule has 20 heavy (non-hydrogen) atoms. The Kier molecular flexibility index (Phi) is 4.62. The van der Waals surface area contributed by atoms with Crippen molar-refractivity contribution in [2.24, 2.45) is 4.99 Å². The Morgan fingerprint density at radius 3 is 2.65 bits per heavy atom. The summed E-state index contributed by atoms with van der Waals surface area (Å²) in [4.78, 5) is 15.9. The van der Waals surface area contributed by atoms with Crippen LogP contribution in [-0.4, -0.2) is 22.5 Å². The molecule has 1 unspecified atom stereocenters. The summed E-state index contributed by atoms with van der Waals surface area (Å²) in [6.07, 6.45) is 1.87. The number of amidine groups is 1. The van der Waals surface area contributed by atoms with Gasteiger partial charge in [0.1, 0.15) is 6.04 Å². The number of hydrogen-bond donors (Lipinski definition) is 2. The van der Waals surface area contributed by atoms with Gasteiger partial charge in [-0.2, -0.15) is 0 Å². The van der Waals surface area contributed by atoms with Crippen molar-refractivity contribution in [3.8, 4) is 0 Å². The Morgan fingerprint density at radius 2 is 2.10 bits per heavy atom. The van der Waals surface area contributed by atoms with Crippen molar-refractivity contribution in [1.29, 1.82) is 0 Å². The van der Waals surface area contributed by atoms with Crippen LogP contribution in [0.25, 0.3) is 0 Å². The van der Waals surface area contributed by atoms with Gasteiger partial charge < -0.3 is 10.4 Å². The van der Waals surface area contributed by atoms with Crippen molar-refractivity contribution in [3.63, 3.8) is 0 Å². The van der Waals surface area contributed by atoms with E-state index in [1.807, 2.05) is 6.26 Å². The second kappa shape index (κ2) is 6.08. The van der Waals surface area contributed by atoms with Crippen LogP contribution in [0.2, 0.25) is 10.0 Å². The van der Waals surface area contributed by atoms with Gasteiger partial charge in [0.2, 0.25) is 0 Å². The van der Waals surface area contributed by atoms with E-state index in [1.165, 1.54) is 11.8 Å². The number of carboxylic acids is 1. The molecule has 1 atom stereocenters. The molecule has 4 nitrogen and oxygen atoms in total. The van der Waals surface area contributed by atoms with E-state index in [0.29, 0.717) is 26.5 Å². The van der Waals surface area contributed by atoms with Crippen molar-refractivity contribution in [2.75, 3.05) is 6.26 Å². The average molecular weight is 331 g/mol. The standard InChI is InChI=1S/C13H12Cl2N2O2S/c1-6-10(12(18)19)11(17-13(16-6)20-2)7-3-4-8(14)9(15)5-7/h3-5,11H,1-2H3,(H,16,17)(H,18,19). The Labute approximate surface area is 130 Å². The van der Waals surface area contributed by atoms with Crippen LogP contribution in [0.5, 0.6) is 0 Å². The number of carboxylic acid groups (broad SMARTS) is 1. The first-order chi connectivity index (χ1) is 9.43.